The molecule has 0 amide bonds. The van der Waals surface area contributed by atoms with Gasteiger partial charge in [0.15, 0.2) is 0 Å². The first-order valence-corrected chi connectivity index (χ1v) is 3.62. The molecule has 4 nitrogen and oxygen atoms in total. The second kappa shape index (κ2) is 3.04. The summed E-state index contributed by atoms with van der Waals surface area (Å²) in [7, 11) is 0. The molecule has 2 heterocycles. The first-order valence-electron chi connectivity index (χ1n) is 3.62. The maximum absolute atomic E-state index is 4.01. The largest absolute Gasteiger partial charge is 0.268 e. The van der Waals surface area contributed by atoms with Crippen LogP contribution in [0.25, 0.3) is 0 Å². The molecule has 0 saturated carbocycles. The molecule has 0 atom stereocenters. The number of anilines is 1. The van der Waals surface area contributed by atoms with Gasteiger partial charge >= 0.3 is 0 Å². The summed E-state index contributed by atoms with van der Waals surface area (Å²) in [6.07, 6.45) is 7.16. The number of hydrogen-bond acceptors (Lipinski definition) is 3. The quantitative estimate of drug-likeness (QED) is 0.716. The van der Waals surface area contributed by atoms with Gasteiger partial charge in [-0.25, -0.2) is 9.97 Å². The predicted molar refractivity (Wildman–Crippen MR) is 45.5 cm³/mol. The summed E-state index contributed by atoms with van der Waals surface area (Å²) >= 11 is 0. The van der Waals surface area contributed by atoms with Crippen molar-refractivity contribution in [2.24, 2.45) is 0 Å². The molecule has 4 heteroatoms. The van der Waals surface area contributed by atoms with Gasteiger partial charge in [-0.1, -0.05) is 0 Å². The Kier molecular flexibility index (Phi) is 1.74. The SMILES string of the molecule is c1cnc(Nn2cccc2)nc1. The smallest absolute Gasteiger partial charge is 0.242 e. The highest BCUT2D eigenvalue weighted by atomic mass is 15.4. The van der Waals surface area contributed by atoms with Gasteiger partial charge in [0.2, 0.25) is 5.95 Å². The van der Waals surface area contributed by atoms with Crippen LogP contribution >= 0.6 is 0 Å². The molecule has 0 radical (unpaired) electrons. The standard InChI is InChI=1S/C8H8N4/c1-2-7-12(6-1)11-8-9-4-3-5-10-8/h1-7H,(H,9,10,11). The third kappa shape index (κ3) is 1.42. The van der Waals surface area contributed by atoms with Crippen molar-refractivity contribution in [1.82, 2.24) is 14.6 Å². The highest BCUT2D eigenvalue weighted by Crippen LogP contribution is 1.95. The summed E-state index contributed by atoms with van der Waals surface area (Å²) in [6.45, 7) is 0. The van der Waals surface area contributed by atoms with Crippen LogP contribution in [0.5, 0.6) is 0 Å². The minimum absolute atomic E-state index is 0.591. The number of rotatable bonds is 2. The summed E-state index contributed by atoms with van der Waals surface area (Å²) in [6, 6.07) is 5.63. The molecule has 2 aromatic heterocycles. The molecule has 0 spiro atoms. The molecule has 1 N–H and O–H groups in total. The van der Waals surface area contributed by atoms with Crippen molar-refractivity contribution in [3.63, 3.8) is 0 Å². The summed E-state index contributed by atoms with van der Waals surface area (Å²) in [5.41, 5.74) is 2.98. The van der Waals surface area contributed by atoms with Crippen LogP contribution in [-0.2, 0) is 0 Å². The Morgan fingerprint density at radius 2 is 1.67 bits per heavy atom. The molecule has 0 unspecified atom stereocenters. The molecule has 0 aliphatic heterocycles. The molecule has 0 aliphatic carbocycles. The Bertz CT molecular complexity index is 327. The van der Waals surface area contributed by atoms with Gasteiger partial charge in [-0.15, -0.1) is 0 Å². The van der Waals surface area contributed by atoms with E-state index in [0.29, 0.717) is 5.95 Å². The van der Waals surface area contributed by atoms with E-state index in [-0.39, 0.29) is 0 Å². The number of hydrogen-bond donors (Lipinski definition) is 1. The van der Waals surface area contributed by atoms with Gasteiger partial charge in [-0.05, 0) is 18.2 Å². The van der Waals surface area contributed by atoms with Crippen molar-refractivity contribution >= 4 is 5.95 Å². The van der Waals surface area contributed by atoms with Crippen LogP contribution in [0.2, 0.25) is 0 Å². The third-order valence-electron chi connectivity index (χ3n) is 1.40. The average molecular weight is 160 g/mol. The van der Waals surface area contributed by atoms with Crippen LogP contribution in [-0.4, -0.2) is 14.6 Å². The minimum atomic E-state index is 0.591. The molecule has 0 aromatic carbocycles. The fraction of sp³-hybridized carbons (Fsp3) is 0. The molecule has 2 aromatic rings. The van der Waals surface area contributed by atoms with Crippen molar-refractivity contribution in [2.45, 2.75) is 0 Å². The van der Waals surface area contributed by atoms with E-state index in [0.717, 1.165) is 0 Å². The second-order valence-electron chi connectivity index (χ2n) is 2.27. The summed E-state index contributed by atoms with van der Waals surface area (Å²) in [5, 5.41) is 0. The number of nitrogens with zero attached hydrogens (tertiary/aromatic N) is 3. The Balaban J connectivity index is 2.15. The van der Waals surface area contributed by atoms with Gasteiger partial charge in [0.25, 0.3) is 0 Å². The van der Waals surface area contributed by atoms with Gasteiger partial charge in [0.05, 0.1) is 0 Å². The maximum atomic E-state index is 4.01. The minimum Gasteiger partial charge on any atom is -0.268 e. The lowest BCUT2D eigenvalue weighted by atomic mass is 10.7. The second-order valence-corrected chi connectivity index (χ2v) is 2.27. The van der Waals surface area contributed by atoms with E-state index in [4.69, 9.17) is 0 Å². The van der Waals surface area contributed by atoms with E-state index >= 15 is 0 Å². The monoisotopic (exact) mass is 160 g/mol. The normalized spacial score (nSPS) is 9.67. The molecule has 2 rings (SSSR count). The van der Waals surface area contributed by atoms with E-state index in [9.17, 15) is 0 Å². The third-order valence-corrected chi connectivity index (χ3v) is 1.40. The first-order chi connectivity index (χ1) is 5.95. The Morgan fingerprint density at radius 1 is 1.00 bits per heavy atom. The lowest BCUT2D eigenvalue weighted by Gasteiger charge is -2.03. The predicted octanol–water partition coefficient (Wildman–Crippen LogP) is 1.15. The molecular formula is C8H8N4. The van der Waals surface area contributed by atoms with Crippen molar-refractivity contribution in [2.75, 3.05) is 5.43 Å². The first kappa shape index (κ1) is 6.84. The van der Waals surface area contributed by atoms with E-state index in [2.05, 4.69) is 15.4 Å². The topological polar surface area (TPSA) is 42.7 Å². The van der Waals surface area contributed by atoms with Gasteiger partial charge in [0.1, 0.15) is 0 Å². The van der Waals surface area contributed by atoms with Crippen molar-refractivity contribution < 1.29 is 0 Å². The molecular weight excluding hydrogens is 152 g/mol. The van der Waals surface area contributed by atoms with Crippen LogP contribution < -0.4 is 5.43 Å². The van der Waals surface area contributed by atoms with E-state index in [1.807, 2.05) is 24.5 Å². The molecule has 0 saturated heterocycles. The average Bonchev–Trinajstić information content (AvgIpc) is 2.59. The van der Waals surface area contributed by atoms with Crippen molar-refractivity contribution in [1.29, 1.82) is 0 Å². The number of nitrogens with one attached hydrogen (secondary N) is 1. The highest BCUT2D eigenvalue weighted by molar-refractivity contribution is 5.21. The highest BCUT2D eigenvalue weighted by Gasteiger charge is 1.90. The van der Waals surface area contributed by atoms with Gasteiger partial charge in [-0.2, -0.15) is 0 Å². The fourth-order valence-corrected chi connectivity index (χ4v) is 0.881. The van der Waals surface area contributed by atoms with Crippen molar-refractivity contribution in [3.8, 4) is 0 Å². The van der Waals surface area contributed by atoms with E-state index in [1.165, 1.54) is 0 Å². The van der Waals surface area contributed by atoms with Gasteiger partial charge in [-0.3, -0.25) is 10.1 Å². The van der Waals surface area contributed by atoms with E-state index < -0.39 is 0 Å². The summed E-state index contributed by atoms with van der Waals surface area (Å²) in [5.74, 6) is 0.591. The molecule has 0 bridgehead atoms. The zero-order valence-electron chi connectivity index (χ0n) is 6.38. The number of aromatic nitrogens is 3. The molecule has 0 aliphatic rings. The lowest BCUT2D eigenvalue weighted by molar-refractivity contribution is 0.927. The lowest BCUT2D eigenvalue weighted by Crippen LogP contribution is -2.08. The summed E-state index contributed by atoms with van der Waals surface area (Å²) < 4.78 is 1.79. The Labute approximate surface area is 69.9 Å². The van der Waals surface area contributed by atoms with Crippen LogP contribution in [0, 0.1) is 0 Å². The molecule has 12 heavy (non-hydrogen) atoms. The summed E-state index contributed by atoms with van der Waals surface area (Å²) in [4.78, 5) is 8.02. The maximum Gasteiger partial charge on any atom is 0.242 e. The Morgan fingerprint density at radius 3 is 2.33 bits per heavy atom. The zero-order valence-corrected chi connectivity index (χ0v) is 6.38. The van der Waals surface area contributed by atoms with Crippen molar-refractivity contribution in [3.05, 3.63) is 43.0 Å². The molecule has 0 fully saturated rings. The van der Waals surface area contributed by atoms with Crippen LogP contribution in [0.4, 0.5) is 5.95 Å². The van der Waals surface area contributed by atoms with Gasteiger partial charge < -0.3 is 0 Å². The van der Waals surface area contributed by atoms with E-state index in [1.54, 1.807) is 23.1 Å². The molecule has 60 valence electrons. The fourth-order valence-electron chi connectivity index (χ4n) is 0.881. The Hall–Kier alpha value is -1.84. The van der Waals surface area contributed by atoms with Crippen LogP contribution in [0.15, 0.2) is 43.0 Å². The van der Waals surface area contributed by atoms with Gasteiger partial charge in [0, 0.05) is 24.8 Å². The zero-order chi connectivity index (χ0) is 8.23. The van der Waals surface area contributed by atoms with Crippen LogP contribution in [0.3, 0.4) is 0 Å². The van der Waals surface area contributed by atoms with Crippen LogP contribution in [0.1, 0.15) is 0 Å².